The lowest BCUT2D eigenvalue weighted by molar-refractivity contribution is -0.132. The summed E-state index contributed by atoms with van der Waals surface area (Å²) < 4.78 is 1.95. The normalized spacial score (nSPS) is 18.1. The fourth-order valence-corrected chi connectivity index (χ4v) is 3.13. The van der Waals surface area contributed by atoms with Crippen molar-refractivity contribution in [1.82, 2.24) is 19.2 Å². The minimum Gasteiger partial charge on any atom is -0.340 e. The molecule has 3 rings (SSSR count). The first-order valence-corrected chi connectivity index (χ1v) is 8.30. The van der Waals surface area contributed by atoms with Crippen molar-refractivity contribution >= 4 is 23.2 Å². The van der Waals surface area contributed by atoms with Crippen LogP contribution in [0.25, 0.3) is 5.65 Å². The second kappa shape index (κ2) is 6.86. The Morgan fingerprint density at radius 3 is 2.91 bits per heavy atom. The maximum atomic E-state index is 12.0. The highest BCUT2D eigenvalue weighted by Crippen LogP contribution is 2.14. The van der Waals surface area contributed by atoms with E-state index in [0.29, 0.717) is 5.02 Å². The topological polar surface area (TPSA) is 66.9 Å². The predicted molar refractivity (Wildman–Crippen MR) is 90.3 cm³/mol. The number of hydrogen-bond donors (Lipinski definition) is 1. The van der Waals surface area contributed by atoms with Gasteiger partial charge in [0.2, 0.25) is 5.91 Å². The molecule has 0 unspecified atom stereocenters. The molecular weight excluding hydrogens is 314 g/mol. The number of nitrogens with two attached hydrogens (primary N) is 1. The molecule has 0 aromatic carbocycles. The molecule has 2 aromatic rings. The third-order valence-electron chi connectivity index (χ3n) is 4.14. The average Bonchev–Trinajstić information content (AvgIpc) is 2.75. The fourth-order valence-electron chi connectivity index (χ4n) is 2.96. The molecule has 0 aliphatic carbocycles. The SMILES string of the molecule is C[C@@H](N)C(=O)N1CCCN(Cc2cn3cc(Cl)ccc3n2)CC1. The first-order chi connectivity index (χ1) is 11.0. The first kappa shape index (κ1) is 16.2. The van der Waals surface area contributed by atoms with Gasteiger partial charge < -0.3 is 15.0 Å². The molecule has 1 aliphatic heterocycles. The zero-order chi connectivity index (χ0) is 16.4. The van der Waals surface area contributed by atoms with Gasteiger partial charge in [0.05, 0.1) is 16.8 Å². The molecule has 1 saturated heterocycles. The maximum absolute atomic E-state index is 12.0. The molecule has 0 saturated carbocycles. The molecule has 0 bridgehead atoms. The molecule has 2 aromatic heterocycles. The van der Waals surface area contributed by atoms with Crippen LogP contribution in [-0.2, 0) is 11.3 Å². The molecule has 124 valence electrons. The zero-order valence-corrected chi connectivity index (χ0v) is 14.0. The Bertz CT molecular complexity index is 699. The van der Waals surface area contributed by atoms with Gasteiger partial charge in [-0.05, 0) is 25.5 Å². The first-order valence-electron chi connectivity index (χ1n) is 7.93. The van der Waals surface area contributed by atoms with Crippen LogP contribution in [0.4, 0.5) is 0 Å². The van der Waals surface area contributed by atoms with Gasteiger partial charge >= 0.3 is 0 Å². The van der Waals surface area contributed by atoms with Crippen molar-refractivity contribution in [3.05, 3.63) is 35.2 Å². The van der Waals surface area contributed by atoms with Gasteiger partial charge in [0, 0.05) is 45.1 Å². The summed E-state index contributed by atoms with van der Waals surface area (Å²) in [7, 11) is 0. The van der Waals surface area contributed by atoms with Crippen LogP contribution >= 0.6 is 11.6 Å². The van der Waals surface area contributed by atoms with Gasteiger partial charge in [-0.1, -0.05) is 11.6 Å². The lowest BCUT2D eigenvalue weighted by Crippen LogP contribution is -2.43. The van der Waals surface area contributed by atoms with E-state index in [2.05, 4.69) is 9.88 Å². The molecular formula is C16H22ClN5O. The van der Waals surface area contributed by atoms with Gasteiger partial charge in [-0.3, -0.25) is 9.69 Å². The third-order valence-corrected chi connectivity index (χ3v) is 4.36. The average molecular weight is 336 g/mol. The van der Waals surface area contributed by atoms with Crippen LogP contribution in [0.2, 0.25) is 5.02 Å². The minimum atomic E-state index is -0.426. The standard InChI is InChI=1S/C16H22ClN5O/c1-12(18)16(23)21-6-2-5-20(7-8-21)10-14-11-22-9-13(17)3-4-15(22)19-14/h3-4,9,11-12H,2,5-8,10,18H2,1H3/t12-/m1/s1. The zero-order valence-electron chi connectivity index (χ0n) is 13.3. The highest BCUT2D eigenvalue weighted by atomic mass is 35.5. The van der Waals surface area contributed by atoms with E-state index in [1.807, 2.05) is 33.8 Å². The Balaban J connectivity index is 1.64. The largest absolute Gasteiger partial charge is 0.340 e. The summed E-state index contributed by atoms with van der Waals surface area (Å²) >= 11 is 6.01. The van der Waals surface area contributed by atoms with E-state index in [1.54, 1.807) is 6.92 Å². The minimum absolute atomic E-state index is 0.0363. The molecule has 6 nitrogen and oxygen atoms in total. The summed E-state index contributed by atoms with van der Waals surface area (Å²) in [4.78, 5) is 20.8. The second-order valence-corrected chi connectivity index (χ2v) is 6.53. The van der Waals surface area contributed by atoms with E-state index in [0.717, 1.165) is 50.5 Å². The van der Waals surface area contributed by atoms with E-state index in [1.165, 1.54) is 0 Å². The predicted octanol–water partition coefficient (Wildman–Crippen LogP) is 1.37. The molecule has 1 fully saturated rings. The van der Waals surface area contributed by atoms with Crippen molar-refractivity contribution < 1.29 is 4.79 Å². The van der Waals surface area contributed by atoms with Crippen molar-refractivity contribution in [3.8, 4) is 0 Å². The number of carbonyl (C=O) groups is 1. The van der Waals surface area contributed by atoms with Crippen molar-refractivity contribution in [1.29, 1.82) is 0 Å². The Morgan fingerprint density at radius 2 is 2.13 bits per heavy atom. The molecule has 1 amide bonds. The second-order valence-electron chi connectivity index (χ2n) is 6.09. The number of amides is 1. The fraction of sp³-hybridized carbons (Fsp3) is 0.500. The molecule has 7 heteroatoms. The lowest BCUT2D eigenvalue weighted by Gasteiger charge is -2.23. The molecule has 1 atom stereocenters. The van der Waals surface area contributed by atoms with E-state index in [4.69, 9.17) is 17.3 Å². The van der Waals surface area contributed by atoms with Crippen molar-refractivity contribution in [2.75, 3.05) is 26.2 Å². The van der Waals surface area contributed by atoms with Gasteiger partial charge in [-0.25, -0.2) is 4.98 Å². The van der Waals surface area contributed by atoms with E-state index < -0.39 is 6.04 Å². The molecule has 1 aliphatic rings. The van der Waals surface area contributed by atoms with Crippen molar-refractivity contribution in [2.45, 2.75) is 25.9 Å². The molecule has 3 heterocycles. The van der Waals surface area contributed by atoms with Crippen LogP contribution in [0.5, 0.6) is 0 Å². The molecule has 2 N–H and O–H groups in total. The molecule has 0 spiro atoms. The Hall–Kier alpha value is -1.63. The summed E-state index contributed by atoms with van der Waals surface area (Å²) in [5, 5.41) is 0.696. The lowest BCUT2D eigenvalue weighted by atomic mass is 10.3. The van der Waals surface area contributed by atoms with Crippen LogP contribution in [0.15, 0.2) is 24.5 Å². The van der Waals surface area contributed by atoms with Crippen LogP contribution < -0.4 is 5.73 Å². The monoisotopic (exact) mass is 335 g/mol. The van der Waals surface area contributed by atoms with E-state index in [9.17, 15) is 4.79 Å². The Morgan fingerprint density at radius 1 is 1.30 bits per heavy atom. The quantitative estimate of drug-likeness (QED) is 0.920. The van der Waals surface area contributed by atoms with Gasteiger partial charge in [-0.15, -0.1) is 0 Å². The summed E-state index contributed by atoms with van der Waals surface area (Å²) in [6, 6.07) is 3.33. The number of halogens is 1. The van der Waals surface area contributed by atoms with E-state index >= 15 is 0 Å². The number of nitrogens with zero attached hydrogens (tertiary/aromatic N) is 4. The number of rotatable bonds is 3. The number of carbonyl (C=O) groups excluding carboxylic acids is 1. The van der Waals surface area contributed by atoms with Crippen LogP contribution in [0.3, 0.4) is 0 Å². The van der Waals surface area contributed by atoms with Gasteiger partial charge in [-0.2, -0.15) is 0 Å². The molecule has 0 radical (unpaired) electrons. The maximum Gasteiger partial charge on any atom is 0.239 e. The third kappa shape index (κ3) is 3.83. The number of aromatic nitrogens is 2. The van der Waals surface area contributed by atoms with Crippen molar-refractivity contribution in [2.24, 2.45) is 5.73 Å². The van der Waals surface area contributed by atoms with Crippen LogP contribution in [0.1, 0.15) is 19.0 Å². The smallest absolute Gasteiger partial charge is 0.239 e. The Kier molecular flexibility index (Phi) is 4.84. The highest BCUT2D eigenvalue weighted by Gasteiger charge is 2.21. The number of pyridine rings is 1. The highest BCUT2D eigenvalue weighted by molar-refractivity contribution is 6.30. The van der Waals surface area contributed by atoms with E-state index in [-0.39, 0.29) is 5.91 Å². The van der Waals surface area contributed by atoms with Crippen LogP contribution in [0, 0.1) is 0 Å². The van der Waals surface area contributed by atoms with Crippen LogP contribution in [-0.4, -0.2) is 57.3 Å². The summed E-state index contributed by atoms with van der Waals surface area (Å²) in [6.45, 7) is 5.81. The number of imidazole rings is 1. The summed E-state index contributed by atoms with van der Waals surface area (Å²) in [6.07, 6.45) is 4.83. The van der Waals surface area contributed by atoms with Crippen molar-refractivity contribution in [3.63, 3.8) is 0 Å². The Labute approximate surface area is 140 Å². The van der Waals surface area contributed by atoms with Gasteiger partial charge in [0.1, 0.15) is 5.65 Å². The molecule has 23 heavy (non-hydrogen) atoms. The van der Waals surface area contributed by atoms with Gasteiger partial charge in [0.15, 0.2) is 0 Å². The summed E-state index contributed by atoms with van der Waals surface area (Å²) in [5.41, 5.74) is 7.61. The summed E-state index contributed by atoms with van der Waals surface area (Å²) in [5.74, 6) is 0.0363. The van der Waals surface area contributed by atoms with Gasteiger partial charge in [0.25, 0.3) is 0 Å². The number of hydrogen-bond acceptors (Lipinski definition) is 4. The number of fused-ring (bicyclic) bond motifs is 1.